The fourth-order valence-electron chi connectivity index (χ4n) is 3.22. The second-order valence-electron chi connectivity index (χ2n) is 6.32. The first-order valence-corrected chi connectivity index (χ1v) is 8.60. The van der Waals surface area contributed by atoms with Crippen molar-refractivity contribution in [2.45, 2.75) is 20.3 Å². The highest BCUT2D eigenvalue weighted by atomic mass is 19.1. The van der Waals surface area contributed by atoms with Gasteiger partial charge in [-0.2, -0.15) is 0 Å². The standard InChI is InChI=1S/C20H18FN3O3/c1-11-14(15-10-13(21)6-7-16(15)23-11)8-9-22-20(25)27-18-5-3-4-17-19(18)26-12(2)24-17/h3-7,10,23H,8-9H2,1-2H3,(H,22,25). The molecule has 0 saturated carbocycles. The van der Waals surface area contributed by atoms with Gasteiger partial charge in [-0.15, -0.1) is 0 Å². The molecule has 0 bridgehead atoms. The lowest BCUT2D eigenvalue weighted by molar-refractivity contribution is 0.200. The van der Waals surface area contributed by atoms with Crippen molar-refractivity contribution in [1.29, 1.82) is 0 Å². The largest absolute Gasteiger partial charge is 0.437 e. The third-order valence-corrected chi connectivity index (χ3v) is 4.41. The number of halogens is 1. The maximum absolute atomic E-state index is 13.5. The first kappa shape index (κ1) is 17.1. The maximum Gasteiger partial charge on any atom is 0.412 e. The van der Waals surface area contributed by atoms with Gasteiger partial charge in [0.2, 0.25) is 0 Å². The summed E-state index contributed by atoms with van der Waals surface area (Å²) in [4.78, 5) is 19.6. The molecule has 4 rings (SSSR count). The van der Waals surface area contributed by atoms with Gasteiger partial charge in [0.15, 0.2) is 17.2 Å². The van der Waals surface area contributed by atoms with E-state index in [1.165, 1.54) is 12.1 Å². The van der Waals surface area contributed by atoms with Gasteiger partial charge in [-0.1, -0.05) is 6.07 Å². The minimum Gasteiger partial charge on any atom is -0.437 e. The van der Waals surface area contributed by atoms with E-state index in [4.69, 9.17) is 9.15 Å². The van der Waals surface area contributed by atoms with E-state index < -0.39 is 6.09 Å². The number of carbonyl (C=O) groups is 1. The van der Waals surface area contributed by atoms with Crippen LogP contribution in [0, 0.1) is 19.7 Å². The van der Waals surface area contributed by atoms with Crippen molar-refractivity contribution in [3.63, 3.8) is 0 Å². The molecule has 0 atom stereocenters. The Morgan fingerprint density at radius 2 is 2.15 bits per heavy atom. The van der Waals surface area contributed by atoms with Crippen LogP contribution in [0.1, 0.15) is 17.1 Å². The number of benzene rings is 2. The number of carbonyl (C=O) groups excluding carboxylic acids is 1. The van der Waals surface area contributed by atoms with Crippen LogP contribution in [0.2, 0.25) is 0 Å². The Morgan fingerprint density at radius 1 is 1.30 bits per heavy atom. The zero-order valence-electron chi connectivity index (χ0n) is 14.9. The number of oxazole rings is 1. The molecule has 0 radical (unpaired) electrons. The lowest BCUT2D eigenvalue weighted by atomic mass is 10.1. The molecule has 7 heteroatoms. The number of ether oxygens (including phenoxy) is 1. The second kappa shape index (κ2) is 6.75. The highest BCUT2D eigenvalue weighted by Crippen LogP contribution is 2.26. The minimum atomic E-state index is -0.583. The zero-order valence-corrected chi connectivity index (χ0v) is 14.9. The Balaban J connectivity index is 1.43. The van der Waals surface area contributed by atoms with Crippen molar-refractivity contribution < 1.29 is 18.3 Å². The lowest BCUT2D eigenvalue weighted by Crippen LogP contribution is -2.28. The van der Waals surface area contributed by atoms with Crippen molar-refractivity contribution >= 4 is 28.1 Å². The van der Waals surface area contributed by atoms with Gasteiger partial charge in [0.05, 0.1) is 0 Å². The van der Waals surface area contributed by atoms with Gasteiger partial charge in [-0.25, -0.2) is 14.2 Å². The zero-order chi connectivity index (χ0) is 19.0. The van der Waals surface area contributed by atoms with Crippen LogP contribution in [0.4, 0.5) is 9.18 Å². The normalized spacial score (nSPS) is 11.2. The number of nitrogens with zero attached hydrogens (tertiary/aromatic N) is 1. The molecule has 2 heterocycles. The van der Waals surface area contributed by atoms with Crippen LogP contribution in [-0.2, 0) is 6.42 Å². The number of rotatable bonds is 4. The smallest absolute Gasteiger partial charge is 0.412 e. The Bertz CT molecular complexity index is 1150. The van der Waals surface area contributed by atoms with Crippen molar-refractivity contribution in [3.8, 4) is 5.75 Å². The quantitative estimate of drug-likeness (QED) is 0.560. The number of aromatic nitrogens is 2. The van der Waals surface area contributed by atoms with Gasteiger partial charge >= 0.3 is 6.09 Å². The van der Waals surface area contributed by atoms with Crippen LogP contribution in [0.5, 0.6) is 5.75 Å². The molecule has 0 fully saturated rings. The van der Waals surface area contributed by atoms with E-state index in [-0.39, 0.29) is 5.82 Å². The fourth-order valence-corrected chi connectivity index (χ4v) is 3.22. The van der Waals surface area contributed by atoms with Gasteiger partial charge in [-0.05, 0) is 49.2 Å². The van der Waals surface area contributed by atoms with E-state index in [0.29, 0.717) is 35.7 Å². The molecule has 2 aromatic carbocycles. The van der Waals surface area contributed by atoms with E-state index in [1.807, 2.05) is 6.92 Å². The number of para-hydroxylation sites is 1. The van der Waals surface area contributed by atoms with Crippen LogP contribution in [0.15, 0.2) is 40.8 Å². The van der Waals surface area contributed by atoms with E-state index in [9.17, 15) is 9.18 Å². The van der Waals surface area contributed by atoms with Crippen LogP contribution in [-0.4, -0.2) is 22.6 Å². The fraction of sp³-hybridized carbons (Fsp3) is 0.200. The topological polar surface area (TPSA) is 80.1 Å². The highest BCUT2D eigenvalue weighted by molar-refractivity contribution is 5.85. The Morgan fingerprint density at radius 3 is 3.00 bits per heavy atom. The molecule has 1 amide bonds. The third-order valence-electron chi connectivity index (χ3n) is 4.41. The number of hydrogen-bond donors (Lipinski definition) is 2. The van der Waals surface area contributed by atoms with E-state index >= 15 is 0 Å². The van der Waals surface area contributed by atoms with Crippen LogP contribution in [0.3, 0.4) is 0 Å². The molecule has 27 heavy (non-hydrogen) atoms. The molecule has 0 aliphatic carbocycles. The molecule has 2 aromatic heterocycles. The van der Waals surface area contributed by atoms with Gasteiger partial charge in [-0.3, -0.25) is 0 Å². The van der Waals surface area contributed by atoms with Gasteiger partial charge in [0.25, 0.3) is 0 Å². The molecular formula is C20H18FN3O3. The van der Waals surface area contributed by atoms with Crippen molar-refractivity contribution in [2.24, 2.45) is 0 Å². The first-order chi connectivity index (χ1) is 13.0. The summed E-state index contributed by atoms with van der Waals surface area (Å²) in [7, 11) is 0. The Labute approximate surface area is 154 Å². The number of aryl methyl sites for hydroxylation is 2. The summed E-state index contributed by atoms with van der Waals surface area (Å²) in [5.41, 5.74) is 3.87. The van der Waals surface area contributed by atoms with Gasteiger partial charge in [0.1, 0.15) is 11.3 Å². The molecule has 0 aliphatic rings. The summed E-state index contributed by atoms with van der Waals surface area (Å²) in [6.45, 7) is 4.02. The van der Waals surface area contributed by atoms with E-state index in [0.717, 1.165) is 22.2 Å². The number of aromatic amines is 1. The number of nitrogens with one attached hydrogen (secondary N) is 2. The van der Waals surface area contributed by atoms with Crippen molar-refractivity contribution in [2.75, 3.05) is 6.54 Å². The summed E-state index contributed by atoms with van der Waals surface area (Å²) in [5.74, 6) is 0.532. The molecule has 0 saturated heterocycles. The Hall–Kier alpha value is -3.35. The number of hydrogen-bond acceptors (Lipinski definition) is 4. The summed E-state index contributed by atoms with van der Waals surface area (Å²) in [6, 6.07) is 9.82. The second-order valence-corrected chi connectivity index (χ2v) is 6.32. The van der Waals surface area contributed by atoms with Crippen LogP contribution < -0.4 is 10.1 Å². The average molecular weight is 367 g/mol. The van der Waals surface area contributed by atoms with Gasteiger partial charge < -0.3 is 19.5 Å². The minimum absolute atomic E-state index is 0.287. The van der Waals surface area contributed by atoms with Gasteiger partial charge in [0, 0.05) is 30.1 Å². The molecule has 2 N–H and O–H groups in total. The molecule has 0 unspecified atom stereocenters. The molecule has 0 aliphatic heterocycles. The first-order valence-electron chi connectivity index (χ1n) is 8.60. The Kier molecular flexibility index (Phi) is 4.27. The predicted octanol–water partition coefficient (Wildman–Crippen LogP) is 4.40. The van der Waals surface area contributed by atoms with Crippen molar-refractivity contribution in [3.05, 3.63) is 59.4 Å². The summed E-state index contributed by atoms with van der Waals surface area (Å²) < 4.78 is 24.4. The van der Waals surface area contributed by atoms with E-state index in [1.54, 1.807) is 31.2 Å². The average Bonchev–Trinajstić information content (AvgIpc) is 3.15. The predicted molar refractivity (Wildman–Crippen MR) is 99.5 cm³/mol. The molecule has 0 spiro atoms. The van der Waals surface area contributed by atoms with E-state index in [2.05, 4.69) is 15.3 Å². The summed E-state index contributed by atoms with van der Waals surface area (Å²) in [5, 5.41) is 3.54. The number of H-pyrrole nitrogens is 1. The molecular weight excluding hydrogens is 349 g/mol. The summed E-state index contributed by atoms with van der Waals surface area (Å²) >= 11 is 0. The lowest BCUT2D eigenvalue weighted by Gasteiger charge is -2.07. The monoisotopic (exact) mass is 367 g/mol. The highest BCUT2D eigenvalue weighted by Gasteiger charge is 2.13. The number of amides is 1. The molecule has 138 valence electrons. The van der Waals surface area contributed by atoms with Crippen LogP contribution in [0.25, 0.3) is 22.0 Å². The molecule has 4 aromatic rings. The van der Waals surface area contributed by atoms with Crippen molar-refractivity contribution in [1.82, 2.24) is 15.3 Å². The maximum atomic E-state index is 13.5. The summed E-state index contributed by atoms with van der Waals surface area (Å²) in [6.07, 6.45) is -0.0315. The third kappa shape index (κ3) is 3.36. The van der Waals surface area contributed by atoms with Crippen LogP contribution >= 0.6 is 0 Å². The molecule has 6 nitrogen and oxygen atoms in total. The number of fused-ring (bicyclic) bond motifs is 2. The SMILES string of the molecule is Cc1nc2cccc(OC(=O)NCCc3c(C)[nH]c4ccc(F)cc34)c2o1.